The third kappa shape index (κ3) is 3.10. The molecular formula is C24H22O. The normalized spacial score (nSPS) is 11.3. The molecule has 0 bridgehead atoms. The minimum Gasteiger partial charge on any atom is -0.456 e. The van der Waals surface area contributed by atoms with Crippen molar-refractivity contribution in [1.82, 2.24) is 0 Å². The van der Waals surface area contributed by atoms with Crippen LogP contribution in [-0.2, 0) is 6.42 Å². The largest absolute Gasteiger partial charge is 0.456 e. The van der Waals surface area contributed by atoms with Gasteiger partial charge in [-0.3, -0.25) is 0 Å². The van der Waals surface area contributed by atoms with Crippen LogP contribution in [0.2, 0.25) is 0 Å². The summed E-state index contributed by atoms with van der Waals surface area (Å²) in [6.45, 7) is 4.47. The summed E-state index contributed by atoms with van der Waals surface area (Å²) in [4.78, 5) is 0. The number of fused-ring (bicyclic) bond motifs is 1. The quantitative estimate of drug-likeness (QED) is 0.401. The van der Waals surface area contributed by atoms with E-state index in [0.717, 1.165) is 23.3 Å². The van der Waals surface area contributed by atoms with E-state index in [1.165, 1.54) is 22.1 Å². The molecule has 4 aromatic rings. The van der Waals surface area contributed by atoms with Gasteiger partial charge in [0.25, 0.3) is 0 Å². The molecule has 0 spiro atoms. The zero-order valence-corrected chi connectivity index (χ0v) is 14.7. The molecule has 0 fully saturated rings. The van der Waals surface area contributed by atoms with Gasteiger partial charge in [0.05, 0.1) is 0 Å². The van der Waals surface area contributed by atoms with Crippen molar-refractivity contribution in [2.75, 3.05) is 0 Å². The summed E-state index contributed by atoms with van der Waals surface area (Å²) < 4.78 is 6.25. The van der Waals surface area contributed by atoms with E-state index >= 15 is 0 Å². The van der Waals surface area contributed by atoms with Gasteiger partial charge in [0.15, 0.2) is 0 Å². The van der Waals surface area contributed by atoms with Crippen LogP contribution in [0.1, 0.15) is 36.5 Å². The first-order valence-electron chi connectivity index (χ1n) is 8.87. The van der Waals surface area contributed by atoms with E-state index < -0.39 is 0 Å². The second-order valence-electron chi connectivity index (χ2n) is 6.86. The van der Waals surface area contributed by atoms with Gasteiger partial charge in [-0.05, 0) is 35.6 Å². The number of hydrogen-bond donors (Lipinski definition) is 0. The maximum Gasteiger partial charge on any atom is 0.138 e. The van der Waals surface area contributed by atoms with E-state index in [1.54, 1.807) is 0 Å². The fraction of sp³-hybridized carbons (Fsp3) is 0.167. The smallest absolute Gasteiger partial charge is 0.138 e. The highest BCUT2D eigenvalue weighted by Crippen LogP contribution is 2.38. The average molecular weight is 326 g/mol. The molecule has 1 aromatic heterocycles. The second kappa shape index (κ2) is 6.60. The minimum atomic E-state index is 0.406. The highest BCUT2D eigenvalue weighted by molar-refractivity contribution is 5.89. The zero-order chi connectivity index (χ0) is 17.2. The van der Waals surface area contributed by atoms with Crippen LogP contribution in [0, 0.1) is 0 Å². The predicted octanol–water partition coefficient (Wildman–Crippen LogP) is 6.81. The molecule has 124 valence electrons. The van der Waals surface area contributed by atoms with E-state index in [2.05, 4.69) is 86.6 Å². The van der Waals surface area contributed by atoms with Gasteiger partial charge in [-0.25, -0.2) is 0 Å². The van der Waals surface area contributed by atoms with Crippen molar-refractivity contribution in [2.24, 2.45) is 0 Å². The molecule has 1 nitrogen and oxygen atoms in total. The first-order valence-corrected chi connectivity index (χ1v) is 8.87. The highest BCUT2D eigenvalue weighted by Gasteiger charge is 2.18. The minimum absolute atomic E-state index is 0.406. The third-order valence-corrected chi connectivity index (χ3v) is 4.66. The van der Waals surface area contributed by atoms with E-state index in [4.69, 9.17) is 4.42 Å². The van der Waals surface area contributed by atoms with Gasteiger partial charge >= 0.3 is 0 Å². The summed E-state index contributed by atoms with van der Waals surface area (Å²) >= 11 is 0. The molecule has 1 heteroatoms. The molecule has 0 radical (unpaired) electrons. The maximum absolute atomic E-state index is 6.25. The molecule has 0 saturated heterocycles. The third-order valence-electron chi connectivity index (χ3n) is 4.66. The predicted molar refractivity (Wildman–Crippen MR) is 105 cm³/mol. The SMILES string of the molecule is CC(C)c1c(-c2ccccc2)oc2ccc(Cc3ccccc3)cc12. The van der Waals surface area contributed by atoms with Crippen LogP contribution in [0.3, 0.4) is 0 Å². The van der Waals surface area contributed by atoms with Crippen molar-refractivity contribution < 1.29 is 4.42 Å². The molecule has 0 aliphatic heterocycles. The summed E-state index contributed by atoms with van der Waals surface area (Å²) in [6.07, 6.45) is 0.945. The van der Waals surface area contributed by atoms with E-state index in [9.17, 15) is 0 Å². The lowest BCUT2D eigenvalue weighted by molar-refractivity contribution is 0.623. The van der Waals surface area contributed by atoms with Gasteiger partial charge in [-0.2, -0.15) is 0 Å². The molecule has 0 N–H and O–H groups in total. The Bertz CT molecular complexity index is 979. The van der Waals surface area contributed by atoms with Crippen LogP contribution in [-0.4, -0.2) is 0 Å². The molecule has 0 amide bonds. The van der Waals surface area contributed by atoms with Crippen molar-refractivity contribution in [3.05, 3.63) is 95.6 Å². The molecule has 3 aromatic carbocycles. The summed E-state index contributed by atoms with van der Waals surface area (Å²) in [5.41, 5.74) is 6.07. The number of benzene rings is 3. The fourth-order valence-corrected chi connectivity index (χ4v) is 3.48. The van der Waals surface area contributed by atoms with Crippen molar-refractivity contribution in [3.8, 4) is 11.3 Å². The topological polar surface area (TPSA) is 13.1 Å². The van der Waals surface area contributed by atoms with Gasteiger partial charge in [0, 0.05) is 16.5 Å². The number of hydrogen-bond acceptors (Lipinski definition) is 1. The Morgan fingerprint density at radius 1 is 0.760 bits per heavy atom. The Morgan fingerprint density at radius 2 is 1.44 bits per heavy atom. The van der Waals surface area contributed by atoms with Gasteiger partial charge in [0.1, 0.15) is 11.3 Å². The number of furan rings is 1. The van der Waals surface area contributed by atoms with Crippen LogP contribution in [0.4, 0.5) is 0 Å². The molecule has 1 heterocycles. The van der Waals surface area contributed by atoms with Crippen molar-refractivity contribution in [1.29, 1.82) is 0 Å². The summed E-state index contributed by atoms with van der Waals surface area (Å²) in [6, 6.07) is 27.6. The summed E-state index contributed by atoms with van der Waals surface area (Å²) in [7, 11) is 0. The molecule has 0 saturated carbocycles. The monoisotopic (exact) mass is 326 g/mol. The van der Waals surface area contributed by atoms with Gasteiger partial charge in [-0.1, -0.05) is 80.6 Å². The van der Waals surface area contributed by atoms with Crippen LogP contribution < -0.4 is 0 Å². The lowest BCUT2D eigenvalue weighted by Gasteiger charge is -2.07. The van der Waals surface area contributed by atoms with Crippen molar-refractivity contribution >= 4 is 11.0 Å². The maximum atomic E-state index is 6.25. The molecular weight excluding hydrogens is 304 g/mol. The van der Waals surface area contributed by atoms with Crippen molar-refractivity contribution in [2.45, 2.75) is 26.2 Å². The van der Waals surface area contributed by atoms with Gasteiger partial charge in [-0.15, -0.1) is 0 Å². The molecule has 0 unspecified atom stereocenters. The lowest BCUT2D eigenvalue weighted by Crippen LogP contribution is -1.91. The Hall–Kier alpha value is -2.80. The molecule has 4 rings (SSSR count). The van der Waals surface area contributed by atoms with Crippen LogP contribution in [0.25, 0.3) is 22.3 Å². The molecule has 0 aliphatic carbocycles. The van der Waals surface area contributed by atoms with Gasteiger partial charge in [0.2, 0.25) is 0 Å². The lowest BCUT2D eigenvalue weighted by atomic mass is 9.94. The Balaban J connectivity index is 1.83. The average Bonchev–Trinajstić information content (AvgIpc) is 3.02. The standard InChI is InChI=1S/C24H22O/c1-17(2)23-21-16-19(15-18-9-5-3-6-10-18)13-14-22(21)25-24(23)20-11-7-4-8-12-20/h3-14,16-17H,15H2,1-2H3. The van der Waals surface area contributed by atoms with E-state index in [1.807, 2.05) is 6.07 Å². The van der Waals surface area contributed by atoms with E-state index in [-0.39, 0.29) is 0 Å². The molecule has 0 aliphatic rings. The zero-order valence-electron chi connectivity index (χ0n) is 14.7. The highest BCUT2D eigenvalue weighted by atomic mass is 16.3. The Labute approximate surface area is 148 Å². The van der Waals surface area contributed by atoms with Crippen LogP contribution in [0.5, 0.6) is 0 Å². The second-order valence-corrected chi connectivity index (χ2v) is 6.86. The first kappa shape index (κ1) is 15.7. The fourth-order valence-electron chi connectivity index (χ4n) is 3.48. The van der Waals surface area contributed by atoms with Crippen molar-refractivity contribution in [3.63, 3.8) is 0 Å². The first-order chi connectivity index (χ1) is 12.2. The van der Waals surface area contributed by atoms with E-state index in [0.29, 0.717) is 5.92 Å². The number of rotatable bonds is 4. The Morgan fingerprint density at radius 3 is 2.12 bits per heavy atom. The Kier molecular flexibility index (Phi) is 4.15. The molecule has 25 heavy (non-hydrogen) atoms. The molecule has 0 atom stereocenters. The summed E-state index contributed by atoms with van der Waals surface area (Å²) in [5, 5.41) is 1.24. The van der Waals surface area contributed by atoms with Gasteiger partial charge < -0.3 is 4.42 Å². The summed E-state index contributed by atoms with van der Waals surface area (Å²) in [5.74, 6) is 1.41. The van der Waals surface area contributed by atoms with Crippen LogP contribution in [0.15, 0.2) is 83.3 Å². The van der Waals surface area contributed by atoms with Crippen LogP contribution >= 0.6 is 0 Å².